The molecule has 1 aromatic heterocycles. The molecule has 0 spiro atoms. The van der Waals surface area contributed by atoms with E-state index in [1.165, 1.54) is 0 Å². The maximum absolute atomic E-state index is 11.9. The summed E-state index contributed by atoms with van der Waals surface area (Å²) in [6.07, 6.45) is 6.40. The Morgan fingerprint density at radius 2 is 2.33 bits per heavy atom. The Morgan fingerprint density at radius 3 is 2.87 bits per heavy atom. The minimum absolute atomic E-state index is 0.166. The summed E-state index contributed by atoms with van der Waals surface area (Å²) in [7, 11) is 1.77. The summed E-state index contributed by atoms with van der Waals surface area (Å²) in [5.74, 6) is 0.363. The van der Waals surface area contributed by atoms with Crippen LogP contribution in [0.2, 0.25) is 0 Å². The zero-order valence-corrected chi connectivity index (χ0v) is 8.81. The highest BCUT2D eigenvalue weighted by atomic mass is 16.2. The number of amides is 1. The number of hydrogen-bond acceptors (Lipinski definition) is 3. The van der Waals surface area contributed by atoms with E-state index in [4.69, 9.17) is 5.73 Å². The molecule has 0 bridgehead atoms. The molecule has 1 amide bonds. The van der Waals surface area contributed by atoms with Gasteiger partial charge in [-0.3, -0.25) is 9.78 Å². The lowest BCUT2D eigenvalue weighted by atomic mass is 9.84. The van der Waals surface area contributed by atoms with E-state index >= 15 is 0 Å². The monoisotopic (exact) mass is 205 g/mol. The van der Waals surface area contributed by atoms with Crippen molar-refractivity contribution in [3.05, 3.63) is 18.5 Å². The van der Waals surface area contributed by atoms with Crippen LogP contribution >= 0.6 is 0 Å². The molecular formula is C11H15N3O. The Morgan fingerprint density at radius 1 is 1.60 bits per heavy atom. The second kappa shape index (κ2) is 3.88. The van der Waals surface area contributed by atoms with Gasteiger partial charge in [-0.05, 0) is 18.9 Å². The van der Waals surface area contributed by atoms with Crippen LogP contribution < -0.4 is 10.6 Å². The molecule has 0 aromatic carbocycles. The van der Waals surface area contributed by atoms with E-state index < -0.39 is 0 Å². The van der Waals surface area contributed by atoms with Crippen LogP contribution in [0.25, 0.3) is 0 Å². The molecule has 80 valence electrons. The lowest BCUT2D eigenvalue weighted by molar-refractivity contribution is -0.124. The van der Waals surface area contributed by atoms with Gasteiger partial charge in [-0.15, -0.1) is 0 Å². The topological polar surface area (TPSA) is 59.2 Å². The molecule has 4 nitrogen and oxygen atoms in total. The van der Waals surface area contributed by atoms with Crippen molar-refractivity contribution < 1.29 is 4.79 Å². The van der Waals surface area contributed by atoms with Crippen LogP contribution in [0.1, 0.15) is 19.3 Å². The average Bonchev–Trinajstić information content (AvgIpc) is 2.15. The molecule has 1 saturated carbocycles. The van der Waals surface area contributed by atoms with Crippen molar-refractivity contribution in [2.45, 2.75) is 19.3 Å². The van der Waals surface area contributed by atoms with E-state index in [2.05, 4.69) is 4.98 Å². The SMILES string of the molecule is CN(C(=O)C1CCC1)c1ccncc1N. The number of carbonyl (C=O) groups is 1. The number of nitrogens with zero attached hydrogens (tertiary/aromatic N) is 2. The molecule has 2 N–H and O–H groups in total. The minimum atomic E-state index is 0.166. The van der Waals surface area contributed by atoms with Crippen molar-refractivity contribution in [2.24, 2.45) is 5.92 Å². The van der Waals surface area contributed by atoms with Crippen LogP contribution in [0.4, 0.5) is 11.4 Å². The highest BCUT2D eigenvalue weighted by molar-refractivity contribution is 5.97. The van der Waals surface area contributed by atoms with Crippen molar-refractivity contribution in [3.8, 4) is 0 Å². The normalized spacial score (nSPS) is 15.8. The van der Waals surface area contributed by atoms with Crippen LogP contribution in [0.5, 0.6) is 0 Å². The molecular weight excluding hydrogens is 190 g/mol. The Bertz CT molecular complexity index is 374. The van der Waals surface area contributed by atoms with Gasteiger partial charge >= 0.3 is 0 Å². The van der Waals surface area contributed by atoms with Gasteiger partial charge in [0.2, 0.25) is 5.91 Å². The average molecular weight is 205 g/mol. The second-order valence-electron chi connectivity index (χ2n) is 3.96. The summed E-state index contributed by atoms with van der Waals surface area (Å²) < 4.78 is 0. The Labute approximate surface area is 89.1 Å². The summed E-state index contributed by atoms with van der Waals surface area (Å²) in [5.41, 5.74) is 7.06. The smallest absolute Gasteiger partial charge is 0.229 e. The minimum Gasteiger partial charge on any atom is -0.396 e. The van der Waals surface area contributed by atoms with Crippen LogP contribution in [0.3, 0.4) is 0 Å². The summed E-state index contributed by atoms with van der Waals surface area (Å²) in [4.78, 5) is 17.5. The van der Waals surface area contributed by atoms with Gasteiger partial charge in [0.25, 0.3) is 0 Å². The molecule has 0 atom stereocenters. The first-order valence-electron chi connectivity index (χ1n) is 5.17. The standard InChI is InChI=1S/C11H15N3O/c1-14(11(15)8-3-2-4-8)10-5-6-13-7-9(10)12/h5-8H,2-4,12H2,1H3. The Balaban J connectivity index is 2.16. The molecule has 2 rings (SSSR count). The highest BCUT2D eigenvalue weighted by Gasteiger charge is 2.28. The largest absolute Gasteiger partial charge is 0.396 e. The maximum atomic E-state index is 11.9. The van der Waals surface area contributed by atoms with Crippen molar-refractivity contribution >= 4 is 17.3 Å². The number of rotatable bonds is 2. The summed E-state index contributed by atoms with van der Waals surface area (Å²) in [5, 5.41) is 0. The molecule has 1 aromatic rings. The van der Waals surface area contributed by atoms with Crippen LogP contribution in [0, 0.1) is 5.92 Å². The lowest BCUT2D eigenvalue weighted by Gasteiger charge is -2.29. The molecule has 1 aliphatic carbocycles. The van der Waals surface area contributed by atoms with Crippen molar-refractivity contribution in [3.63, 3.8) is 0 Å². The first-order valence-corrected chi connectivity index (χ1v) is 5.17. The molecule has 15 heavy (non-hydrogen) atoms. The predicted octanol–water partition coefficient (Wildman–Crippen LogP) is 1.43. The fraction of sp³-hybridized carbons (Fsp3) is 0.455. The predicted molar refractivity (Wildman–Crippen MR) is 59.4 cm³/mol. The molecule has 1 heterocycles. The van der Waals surface area contributed by atoms with Crippen LogP contribution in [-0.2, 0) is 4.79 Å². The van der Waals surface area contributed by atoms with E-state index in [1.54, 1.807) is 30.4 Å². The summed E-state index contributed by atoms with van der Waals surface area (Å²) >= 11 is 0. The Kier molecular flexibility index (Phi) is 2.58. The fourth-order valence-electron chi connectivity index (χ4n) is 1.75. The number of hydrogen-bond donors (Lipinski definition) is 1. The number of anilines is 2. The van der Waals surface area contributed by atoms with E-state index in [9.17, 15) is 4.79 Å². The second-order valence-corrected chi connectivity index (χ2v) is 3.96. The number of carbonyl (C=O) groups excluding carboxylic acids is 1. The van der Waals surface area contributed by atoms with Gasteiger partial charge in [-0.1, -0.05) is 6.42 Å². The third-order valence-electron chi connectivity index (χ3n) is 2.97. The number of nitrogens with two attached hydrogens (primary N) is 1. The highest BCUT2D eigenvalue weighted by Crippen LogP contribution is 2.30. The van der Waals surface area contributed by atoms with Crippen molar-refractivity contribution in [1.29, 1.82) is 0 Å². The number of nitrogen functional groups attached to an aromatic ring is 1. The van der Waals surface area contributed by atoms with Crippen molar-refractivity contribution in [2.75, 3.05) is 17.7 Å². The third-order valence-corrected chi connectivity index (χ3v) is 2.97. The molecule has 4 heteroatoms. The van der Waals surface area contributed by atoms with E-state index in [0.29, 0.717) is 5.69 Å². The molecule has 0 radical (unpaired) electrons. The van der Waals surface area contributed by atoms with E-state index in [-0.39, 0.29) is 11.8 Å². The Hall–Kier alpha value is -1.58. The molecule has 1 aliphatic rings. The van der Waals surface area contributed by atoms with Crippen LogP contribution in [0.15, 0.2) is 18.5 Å². The van der Waals surface area contributed by atoms with Gasteiger partial charge in [0.05, 0.1) is 17.6 Å². The van der Waals surface area contributed by atoms with Gasteiger partial charge in [0.15, 0.2) is 0 Å². The summed E-state index contributed by atoms with van der Waals surface area (Å²) in [6, 6.07) is 1.77. The zero-order chi connectivity index (χ0) is 10.8. The van der Waals surface area contributed by atoms with Gasteiger partial charge in [-0.2, -0.15) is 0 Å². The van der Waals surface area contributed by atoms with Gasteiger partial charge in [0.1, 0.15) is 0 Å². The molecule has 0 unspecified atom stereocenters. The lowest BCUT2D eigenvalue weighted by Crippen LogP contribution is -2.36. The first kappa shape index (κ1) is 9.96. The van der Waals surface area contributed by atoms with Gasteiger partial charge < -0.3 is 10.6 Å². The maximum Gasteiger partial charge on any atom is 0.229 e. The zero-order valence-electron chi connectivity index (χ0n) is 8.81. The van der Waals surface area contributed by atoms with E-state index in [0.717, 1.165) is 24.9 Å². The quantitative estimate of drug-likeness (QED) is 0.794. The molecule has 0 aliphatic heterocycles. The summed E-state index contributed by atoms with van der Waals surface area (Å²) in [6.45, 7) is 0. The molecule has 1 fully saturated rings. The third kappa shape index (κ3) is 1.79. The first-order chi connectivity index (χ1) is 7.20. The van der Waals surface area contributed by atoms with Crippen molar-refractivity contribution in [1.82, 2.24) is 4.98 Å². The fourth-order valence-corrected chi connectivity index (χ4v) is 1.75. The number of pyridine rings is 1. The van der Waals surface area contributed by atoms with E-state index in [1.807, 2.05) is 0 Å². The van der Waals surface area contributed by atoms with Gasteiger partial charge in [0, 0.05) is 19.2 Å². The van der Waals surface area contributed by atoms with Gasteiger partial charge in [-0.25, -0.2) is 0 Å². The van der Waals surface area contributed by atoms with Crippen LogP contribution in [-0.4, -0.2) is 17.9 Å². The number of aromatic nitrogens is 1. The molecule has 0 saturated heterocycles.